The molecule has 0 radical (unpaired) electrons. The summed E-state index contributed by atoms with van der Waals surface area (Å²) in [5, 5.41) is 7.49. The third kappa shape index (κ3) is 4.93. The van der Waals surface area contributed by atoms with Crippen LogP contribution in [-0.4, -0.2) is 46.4 Å². The SMILES string of the molecule is CNC(=O)Cc1csc(NC(=O)c2ccnc(OC3CCSC3)c2)n1. The summed E-state index contributed by atoms with van der Waals surface area (Å²) < 4.78 is 5.81. The van der Waals surface area contributed by atoms with E-state index in [1.165, 1.54) is 11.3 Å². The van der Waals surface area contributed by atoms with Gasteiger partial charge in [0.05, 0.1) is 12.1 Å². The third-order valence-corrected chi connectivity index (χ3v) is 5.50. The van der Waals surface area contributed by atoms with Crippen LogP contribution in [0.3, 0.4) is 0 Å². The van der Waals surface area contributed by atoms with E-state index in [1.54, 1.807) is 30.8 Å². The Morgan fingerprint density at radius 3 is 3.08 bits per heavy atom. The topological polar surface area (TPSA) is 93.2 Å². The van der Waals surface area contributed by atoms with Crippen molar-refractivity contribution in [2.75, 3.05) is 23.9 Å². The summed E-state index contributed by atoms with van der Waals surface area (Å²) in [6.45, 7) is 0. The Bertz CT molecular complexity index is 759. The molecule has 0 saturated carbocycles. The van der Waals surface area contributed by atoms with Gasteiger partial charge in [-0.25, -0.2) is 9.97 Å². The van der Waals surface area contributed by atoms with E-state index >= 15 is 0 Å². The normalized spacial score (nSPS) is 16.4. The first kappa shape index (κ1) is 17.7. The quantitative estimate of drug-likeness (QED) is 0.798. The number of anilines is 1. The van der Waals surface area contributed by atoms with Crippen LogP contribution >= 0.6 is 23.1 Å². The van der Waals surface area contributed by atoms with Crippen molar-refractivity contribution in [3.63, 3.8) is 0 Å². The van der Waals surface area contributed by atoms with Crippen molar-refractivity contribution < 1.29 is 14.3 Å². The first-order chi connectivity index (χ1) is 12.1. The molecule has 2 N–H and O–H groups in total. The van der Waals surface area contributed by atoms with E-state index in [-0.39, 0.29) is 24.3 Å². The summed E-state index contributed by atoms with van der Waals surface area (Å²) in [4.78, 5) is 32.2. The zero-order chi connectivity index (χ0) is 17.6. The highest BCUT2D eigenvalue weighted by molar-refractivity contribution is 7.99. The van der Waals surface area contributed by atoms with Crippen molar-refractivity contribution in [1.29, 1.82) is 0 Å². The standard InChI is InChI=1S/C16H18N4O3S2/c1-17-13(21)7-11-8-25-16(19-11)20-15(22)10-2-4-18-14(6-10)23-12-3-5-24-9-12/h2,4,6,8,12H,3,5,7,9H2,1H3,(H,17,21)(H,19,20,22). The van der Waals surface area contributed by atoms with Crippen molar-refractivity contribution in [3.05, 3.63) is 35.0 Å². The summed E-state index contributed by atoms with van der Waals surface area (Å²) in [6, 6.07) is 3.27. The van der Waals surface area contributed by atoms with Gasteiger partial charge in [-0.1, -0.05) is 0 Å². The second kappa shape index (κ2) is 8.30. The van der Waals surface area contributed by atoms with Gasteiger partial charge in [0.1, 0.15) is 6.10 Å². The Morgan fingerprint density at radius 1 is 1.44 bits per heavy atom. The molecule has 2 aromatic heterocycles. The van der Waals surface area contributed by atoms with Crippen molar-refractivity contribution in [2.24, 2.45) is 0 Å². The maximum atomic E-state index is 12.4. The number of nitrogens with zero attached hydrogens (tertiary/aromatic N) is 2. The molecule has 0 bridgehead atoms. The van der Waals surface area contributed by atoms with Crippen molar-refractivity contribution >= 4 is 40.0 Å². The van der Waals surface area contributed by atoms with Gasteiger partial charge >= 0.3 is 0 Å². The third-order valence-electron chi connectivity index (χ3n) is 3.57. The first-order valence-corrected chi connectivity index (χ1v) is 9.84. The number of ether oxygens (including phenoxy) is 1. The molecule has 0 aromatic carbocycles. The van der Waals surface area contributed by atoms with Gasteiger partial charge in [0.2, 0.25) is 11.8 Å². The minimum atomic E-state index is -0.283. The maximum absolute atomic E-state index is 12.4. The monoisotopic (exact) mass is 378 g/mol. The second-order valence-electron chi connectivity index (χ2n) is 5.43. The van der Waals surface area contributed by atoms with Gasteiger partial charge in [-0.3, -0.25) is 14.9 Å². The van der Waals surface area contributed by atoms with Gasteiger partial charge in [0.15, 0.2) is 5.13 Å². The molecule has 3 rings (SSSR count). The van der Waals surface area contributed by atoms with Crippen molar-refractivity contribution in [3.8, 4) is 5.88 Å². The highest BCUT2D eigenvalue weighted by Gasteiger charge is 2.18. The first-order valence-electron chi connectivity index (χ1n) is 7.81. The number of aromatic nitrogens is 2. The van der Waals surface area contributed by atoms with Gasteiger partial charge in [0.25, 0.3) is 5.91 Å². The molecule has 1 atom stereocenters. The lowest BCUT2D eigenvalue weighted by Crippen LogP contribution is -2.20. The zero-order valence-corrected chi connectivity index (χ0v) is 15.3. The molecule has 0 aliphatic carbocycles. The lowest BCUT2D eigenvalue weighted by atomic mass is 10.2. The fourth-order valence-corrected chi connectivity index (χ4v) is 4.06. The van der Waals surface area contributed by atoms with Gasteiger partial charge in [-0.2, -0.15) is 11.8 Å². The zero-order valence-electron chi connectivity index (χ0n) is 13.7. The number of pyridine rings is 1. The van der Waals surface area contributed by atoms with Crippen LogP contribution in [0.5, 0.6) is 5.88 Å². The highest BCUT2D eigenvalue weighted by Crippen LogP contribution is 2.23. The molecule has 0 spiro atoms. The number of hydrogen-bond acceptors (Lipinski definition) is 7. The molecule has 1 aliphatic rings. The molecule has 132 valence electrons. The van der Waals surface area contributed by atoms with E-state index in [0.29, 0.717) is 22.3 Å². The molecule has 3 heterocycles. The van der Waals surface area contributed by atoms with Crippen LogP contribution in [0, 0.1) is 0 Å². The van der Waals surface area contributed by atoms with E-state index < -0.39 is 0 Å². The number of carbonyl (C=O) groups is 2. The van der Waals surface area contributed by atoms with Crippen LogP contribution < -0.4 is 15.4 Å². The second-order valence-corrected chi connectivity index (χ2v) is 7.44. The fourth-order valence-electron chi connectivity index (χ4n) is 2.26. The van der Waals surface area contributed by atoms with Gasteiger partial charge in [-0.15, -0.1) is 11.3 Å². The van der Waals surface area contributed by atoms with E-state index in [4.69, 9.17) is 4.74 Å². The van der Waals surface area contributed by atoms with Gasteiger partial charge < -0.3 is 10.1 Å². The number of rotatable bonds is 6. The van der Waals surface area contributed by atoms with Crippen LogP contribution in [-0.2, 0) is 11.2 Å². The van der Waals surface area contributed by atoms with Gasteiger partial charge in [0, 0.05) is 36.0 Å². The molecule has 1 unspecified atom stereocenters. The van der Waals surface area contributed by atoms with E-state index in [2.05, 4.69) is 20.6 Å². The molecule has 25 heavy (non-hydrogen) atoms. The maximum Gasteiger partial charge on any atom is 0.257 e. The smallest absolute Gasteiger partial charge is 0.257 e. The largest absolute Gasteiger partial charge is 0.473 e. The van der Waals surface area contributed by atoms with Crippen LogP contribution in [0.2, 0.25) is 0 Å². The van der Waals surface area contributed by atoms with E-state index in [1.807, 2.05) is 11.8 Å². The average molecular weight is 378 g/mol. The Morgan fingerprint density at radius 2 is 2.32 bits per heavy atom. The number of thioether (sulfide) groups is 1. The Kier molecular flexibility index (Phi) is 5.87. The lowest BCUT2D eigenvalue weighted by Gasteiger charge is -2.11. The molecular weight excluding hydrogens is 360 g/mol. The highest BCUT2D eigenvalue weighted by atomic mass is 32.2. The molecule has 1 aliphatic heterocycles. The van der Waals surface area contributed by atoms with Crippen molar-refractivity contribution in [1.82, 2.24) is 15.3 Å². The van der Waals surface area contributed by atoms with Crippen LogP contribution in [0.15, 0.2) is 23.7 Å². The number of thiazole rings is 1. The Balaban J connectivity index is 1.62. The minimum absolute atomic E-state index is 0.121. The van der Waals surface area contributed by atoms with Gasteiger partial charge in [-0.05, 0) is 18.2 Å². The molecular formula is C16H18N4O3S2. The average Bonchev–Trinajstić information content (AvgIpc) is 3.27. The molecule has 1 saturated heterocycles. The lowest BCUT2D eigenvalue weighted by molar-refractivity contribution is -0.120. The Labute approximate surface area is 153 Å². The predicted molar refractivity (Wildman–Crippen MR) is 98.4 cm³/mol. The summed E-state index contributed by atoms with van der Waals surface area (Å²) in [7, 11) is 1.57. The summed E-state index contributed by atoms with van der Waals surface area (Å²) in [6.07, 6.45) is 2.90. The molecule has 2 amide bonds. The predicted octanol–water partition coefficient (Wildman–Crippen LogP) is 1.96. The number of amides is 2. The molecule has 7 nitrogen and oxygen atoms in total. The molecule has 9 heteroatoms. The van der Waals surface area contributed by atoms with Crippen LogP contribution in [0.4, 0.5) is 5.13 Å². The fraction of sp³-hybridized carbons (Fsp3) is 0.375. The van der Waals surface area contributed by atoms with E-state index in [9.17, 15) is 9.59 Å². The number of hydrogen-bond donors (Lipinski definition) is 2. The minimum Gasteiger partial charge on any atom is -0.473 e. The molecule has 2 aromatic rings. The summed E-state index contributed by atoms with van der Waals surface area (Å²) in [5.74, 6) is 2.09. The number of carbonyl (C=O) groups excluding carboxylic acids is 2. The van der Waals surface area contributed by atoms with E-state index in [0.717, 1.165) is 17.9 Å². The summed E-state index contributed by atoms with van der Waals surface area (Å²) >= 11 is 3.14. The van der Waals surface area contributed by atoms with Crippen molar-refractivity contribution in [2.45, 2.75) is 18.9 Å². The molecule has 1 fully saturated rings. The van der Waals surface area contributed by atoms with Crippen LogP contribution in [0.1, 0.15) is 22.5 Å². The number of nitrogens with one attached hydrogen (secondary N) is 2. The Hall–Kier alpha value is -2.13. The summed E-state index contributed by atoms with van der Waals surface area (Å²) in [5.41, 5.74) is 1.08. The van der Waals surface area contributed by atoms with Crippen LogP contribution in [0.25, 0.3) is 0 Å². The number of likely N-dealkylation sites (N-methyl/N-ethyl adjacent to an activating group) is 1.